The second-order valence-corrected chi connectivity index (χ2v) is 6.40. The summed E-state index contributed by atoms with van der Waals surface area (Å²) in [6.07, 6.45) is 4.72. The lowest BCUT2D eigenvalue weighted by atomic mass is 10.0. The maximum atomic E-state index is 12.4. The molecule has 5 nitrogen and oxygen atoms in total. The number of amides is 1. The van der Waals surface area contributed by atoms with Gasteiger partial charge in [0.1, 0.15) is 0 Å². The molecular formula is C14H20BrN3O2. The van der Waals surface area contributed by atoms with Gasteiger partial charge in [0.05, 0.1) is 11.8 Å². The van der Waals surface area contributed by atoms with Crippen molar-refractivity contribution in [1.29, 1.82) is 0 Å². The minimum Gasteiger partial charge on any atom is -0.457 e. The summed E-state index contributed by atoms with van der Waals surface area (Å²) in [5.74, 6) is 0.0573. The lowest BCUT2D eigenvalue weighted by molar-refractivity contribution is 0.0767. The quantitative estimate of drug-likeness (QED) is 0.888. The number of carbonyl (C=O) groups is 1. The topological polar surface area (TPSA) is 62.7 Å². The molecule has 6 heteroatoms. The predicted molar refractivity (Wildman–Crippen MR) is 79.5 cm³/mol. The fourth-order valence-electron chi connectivity index (χ4n) is 3.13. The zero-order valence-electron chi connectivity index (χ0n) is 11.4. The molecule has 3 heterocycles. The summed E-state index contributed by atoms with van der Waals surface area (Å²) < 4.78 is 5.67. The van der Waals surface area contributed by atoms with Gasteiger partial charge in [-0.15, -0.1) is 0 Å². The van der Waals surface area contributed by atoms with Crippen LogP contribution in [-0.2, 0) is 0 Å². The van der Waals surface area contributed by atoms with E-state index >= 15 is 0 Å². The number of hydrogen-bond donors (Lipinski definition) is 1. The van der Waals surface area contributed by atoms with Crippen LogP contribution in [0.4, 0.5) is 0 Å². The van der Waals surface area contributed by atoms with Gasteiger partial charge in [0.25, 0.3) is 5.91 Å². The maximum Gasteiger partial charge on any atom is 0.258 e. The highest BCUT2D eigenvalue weighted by molar-refractivity contribution is 9.10. The number of hydrogen-bond acceptors (Lipinski definition) is 4. The van der Waals surface area contributed by atoms with Gasteiger partial charge in [-0.1, -0.05) is 0 Å². The van der Waals surface area contributed by atoms with Crippen molar-refractivity contribution in [1.82, 2.24) is 9.80 Å². The molecule has 2 aliphatic heterocycles. The third kappa shape index (κ3) is 2.77. The van der Waals surface area contributed by atoms with E-state index in [9.17, 15) is 4.79 Å². The van der Waals surface area contributed by atoms with Gasteiger partial charge in [-0.3, -0.25) is 9.69 Å². The lowest BCUT2D eigenvalue weighted by Crippen LogP contribution is -2.46. The van der Waals surface area contributed by atoms with Gasteiger partial charge >= 0.3 is 0 Å². The molecule has 1 unspecified atom stereocenters. The maximum absolute atomic E-state index is 12.4. The summed E-state index contributed by atoms with van der Waals surface area (Å²) >= 11 is 3.27. The zero-order valence-corrected chi connectivity index (χ0v) is 13.0. The van der Waals surface area contributed by atoms with Crippen LogP contribution in [0.2, 0.25) is 0 Å². The van der Waals surface area contributed by atoms with Crippen molar-refractivity contribution in [2.45, 2.75) is 31.3 Å². The third-order valence-corrected chi connectivity index (χ3v) is 5.00. The first-order valence-corrected chi connectivity index (χ1v) is 7.96. The van der Waals surface area contributed by atoms with E-state index in [1.807, 2.05) is 4.90 Å². The molecule has 20 heavy (non-hydrogen) atoms. The summed E-state index contributed by atoms with van der Waals surface area (Å²) in [5, 5.41) is 0. The van der Waals surface area contributed by atoms with Crippen molar-refractivity contribution in [3.8, 4) is 0 Å². The number of halogens is 1. The molecule has 1 aromatic heterocycles. The number of nitrogens with two attached hydrogens (primary N) is 1. The molecule has 1 amide bonds. The van der Waals surface area contributed by atoms with Gasteiger partial charge in [0, 0.05) is 25.2 Å². The Morgan fingerprint density at radius 1 is 1.30 bits per heavy atom. The van der Waals surface area contributed by atoms with E-state index in [0.717, 1.165) is 45.4 Å². The van der Waals surface area contributed by atoms with E-state index in [4.69, 9.17) is 10.2 Å². The van der Waals surface area contributed by atoms with E-state index < -0.39 is 0 Å². The van der Waals surface area contributed by atoms with Crippen LogP contribution < -0.4 is 5.73 Å². The van der Waals surface area contributed by atoms with E-state index in [2.05, 4.69) is 20.8 Å². The van der Waals surface area contributed by atoms with Gasteiger partial charge in [0.2, 0.25) is 0 Å². The highest BCUT2D eigenvalue weighted by Crippen LogP contribution is 2.24. The summed E-state index contributed by atoms with van der Waals surface area (Å²) in [6.45, 7) is 3.75. The molecule has 0 saturated carbocycles. The summed E-state index contributed by atoms with van der Waals surface area (Å²) in [6, 6.07) is 2.56. The van der Waals surface area contributed by atoms with Crippen LogP contribution in [0.25, 0.3) is 0 Å². The second kappa shape index (κ2) is 5.87. The monoisotopic (exact) mass is 341 g/mol. The molecule has 1 atom stereocenters. The summed E-state index contributed by atoms with van der Waals surface area (Å²) in [5.41, 5.74) is 6.56. The number of furan rings is 1. The van der Waals surface area contributed by atoms with E-state index in [0.29, 0.717) is 22.3 Å². The number of likely N-dealkylation sites (tertiary alicyclic amines) is 2. The van der Waals surface area contributed by atoms with Gasteiger partial charge in [-0.05, 0) is 54.3 Å². The minimum atomic E-state index is 0.0573. The van der Waals surface area contributed by atoms with Crippen molar-refractivity contribution in [2.24, 2.45) is 5.73 Å². The fraction of sp³-hybridized carbons (Fsp3) is 0.643. The van der Waals surface area contributed by atoms with Crippen molar-refractivity contribution in [3.05, 3.63) is 22.6 Å². The molecule has 1 aromatic rings. The van der Waals surface area contributed by atoms with Gasteiger partial charge in [-0.2, -0.15) is 0 Å². The first kappa shape index (κ1) is 14.1. The minimum absolute atomic E-state index is 0.0573. The molecule has 0 aliphatic carbocycles. The normalized spacial score (nSPS) is 25.3. The Labute approximate surface area is 127 Å². The average molecular weight is 342 g/mol. The van der Waals surface area contributed by atoms with Gasteiger partial charge in [0.15, 0.2) is 4.67 Å². The molecule has 0 bridgehead atoms. The van der Waals surface area contributed by atoms with Crippen LogP contribution in [0.3, 0.4) is 0 Å². The van der Waals surface area contributed by atoms with Crippen LogP contribution in [-0.4, -0.2) is 54.0 Å². The van der Waals surface area contributed by atoms with Crippen molar-refractivity contribution in [2.75, 3.05) is 26.2 Å². The van der Waals surface area contributed by atoms with E-state index in [1.165, 1.54) is 6.26 Å². The third-order valence-electron chi connectivity index (χ3n) is 4.39. The van der Waals surface area contributed by atoms with Crippen LogP contribution in [0.5, 0.6) is 0 Å². The summed E-state index contributed by atoms with van der Waals surface area (Å²) in [7, 11) is 0. The Balaban J connectivity index is 1.59. The molecule has 2 fully saturated rings. The van der Waals surface area contributed by atoms with E-state index in [1.54, 1.807) is 6.07 Å². The van der Waals surface area contributed by atoms with Gasteiger partial charge in [-0.25, -0.2) is 0 Å². The molecule has 0 spiro atoms. The molecule has 3 rings (SSSR count). The second-order valence-electron chi connectivity index (χ2n) is 5.68. The molecule has 2 aliphatic rings. The molecular weight excluding hydrogens is 322 g/mol. The molecule has 0 aromatic carbocycles. The number of nitrogens with zero attached hydrogens (tertiary/aromatic N) is 2. The fourth-order valence-corrected chi connectivity index (χ4v) is 3.54. The largest absolute Gasteiger partial charge is 0.457 e. The van der Waals surface area contributed by atoms with Crippen LogP contribution in [0, 0.1) is 0 Å². The lowest BCUT2D eigenvalue weighted by Gasteiger charge is -2.34. The zero-order chi connectivity index (χ0) is 14.1. The Hall–Kier alpha value is -0.850. The SMILES string of the molecule is NC1CCN(C2CCN(C(=O)c3ccoc3Br)C2)CC1. The summed E-state index contributed by atoms with van der Waals surface area (Å²) in [4.78, 5) is 16.8. The number of carbonyl (C=O) groups excluding carboxylic acids is 1. The van der Waals surface area contributed by atoms with Gasteiger partial charge < -0.3 is 15.1 Å². The predicted octanol–water partition coefficient (Wildman–Crippen LogP) is 1.68. The van der Waals surface area contributed by atoms with Crippen LogP contribution in [0.1, 0.15) is 29.6 Å². The smallest absolute Gasteiger partial charge is 0.258 e. The molecule has 0 radical (unpaired) electrons. The standard InChI is InChI=1S/C14H20BrN3O2/c15-13-12(4-8-20-13)14(19)18-7-3-11(9-18)17-5-1-10(16)2-6-17/h4,8,10-11H,1-3,5-7,9,16H2. The molecule has 2 N–H and O–H groups in total. The van der Waals surface area contributed by atoms with Crippen LogP contribution >= 0.6 is 15.9 Å². The average Bonchev–Trinajstić information content (AvgIpc) is 3.08. The Kier molecular flexibility index (Phi) is 4.14. The Bertz CT molecular complexity index is 483. The van der Waals surface area contributed by atoms with Crippen molar-refractivity contribution in [3.63, 3.8) is 0 Å². The van der Waals surface area contributed by atoms with Crippen molar-refractivity contribution < 1.29 is 9.21 Å². The Morgan fingerprint density at radius 3 is 2.70 bits per heavy atom. The number of piperidine rings is 1. The molecule has 110 valence electrons. The van der Waals surface area contributed by atoms with Crippen LogP contribution in [0.15, 0.2) is 21.4 Å². The van der Waals surface area contributed by atoms with Crippen molar-refractivity contribution >= 4 is 21.8 Å². The highest BCUT2D eigenvalue weighted by atomic mass is 79.9. The Morgan fingerprint density at radius 2 is 2.05 bits per heavy atom. The number of rotatable bonds is 2. The molecule has 2 saturated heterocycles. The first-order valence-electron chi connectivity index (χ1n) is 7.17. The van der Waals surface area contributed by atoms with E-state index in [-0.39, 0.29) is 5.91 Å². The highest BCUT2D eigenvalue weighted by Gasteiger charge is 2.33. The first-order chi connectivity index (χ1) is 9.65.